The molecule has 2 aliphatic rings. The number of aliphatic hydroxyl groups is 1. The molecule has 24 heavy (non-hydrogen) atoms. The van der Waals surface area contributed by atoms with Crippen LogP contribution in [0.1, 0.15) is 70.4 Å². The zero-order valence-corrected chi connectivity index (χ0v) is 15.3. The number of unbranched alkanes of at least 4 members (excludes halogenated alkanes) is 2. The highest BCUT2D eigenvalue weighted by molar-refractivity contribution is 5.54. The Morgan fingerprint density at radius 2 is 2.00 bits per heavy atom. The predicted octanol–water partition coefficient (Wildman–Crippen LogP) is 4.71. The molecule has 3 rings (SSSR count). The highest BCUT2D eigenvalue weighted by Crippen LogP contribution is 2.53. The van der Waals surface area contributed by atoms with Crippen molar-refractivity contribution in [3.63, 3.8) is 0 Å². The maximum Gasteiger partial charge on any atom is 0.127 e. The van der Waals surface area contributed by atoms with Crippen LogP contribution < -0.4 is 4.74 Å². The normalized spacial score (nSPS) is 27.7. The summed E-state index contributed by atoms with van der Waals surface area (Å²) in [5, 5.41) is 21.3. The number of ether oxygens (including phenoxy) is 1. The van der Waals surface area contributed by atoms with Crippen molar-refractivity contribution in [3.8, 4) is 11.5 Å². The Balaban J connectivity index is 2.02. The third-order valence-corrected chi connectivity index (χ3v) is 5.55. The van der Waals surface area contributed by atoms with Crippen LogP contribution in [0.15, 0.2) is 23.8 Å². The molecule has 0 saturated heterocycles. The van der Waals surface area contributed by atoms with Gasteiger partial charge >= 0.3 is 0 Å². The first kappa shape index (κ1) is 17.3. The summed E-state index contributed by atoms with van der Waals surface area (Å²) in [6.45, 7) is 8.34. The van der Waals surface area contributed by atoms with Crippen molar-refractivity contribution in [2.75, 3.05) is 0 Å². The summed E-state index contributed by atoms with van der Waals surface area (Å²) in [6, 6.07) is 3.98. The van der Waals surface area contributed by atoms with Crippen molar-refractivity contribution in [2.24, 2.45) is 5.92 Å². The number of fused-ring (bicyclic) bond motifs is 3. The topological polar surface area (TPSA) is 49.7 Å². The van der Waals surface area contributed by atoms with Crippen LogP contribution in [0.3, 0.4) is 0 Å². The van der Waals surface area contributed by atoms with E-state index in [1.165, 1.54) is 18.4 Å². The van der Waals surface area contributed by atoms with E-state index in [1.807, 2.05) is 19.9 Å². The summed E-state index contributed by atoms with van der Waals surface area (Å²) in [5.74, 6) is 1.07. The van der Waals surface area contributed by atoms with Gasteiger partial charge in [0.1, 0.15) is 17.1 Å². The van der Waals surface area contributed by atoms with E-state index in [2.05, 4.69) is 26.0 Å². The van der Waals surface area contributed by atoms with Gasteiger partial charge in [0.25, 0.3) is 0 Å². The molecule has 132 valence electrons. The summed E-state index contributed by atoms with van der Waals surface area (Å²) in [5.41, 5.74) is 2.70. The first-order valence-electron chi connectivity index (χ1n) is 9.23. The molecule has 0 radical (unpaired) electrons. The molecule has 1 aromatic rings. The van der Waals surface area contributed by atoms with Crippen molar-refractivity contribution >= 4 is 0 Å². The molecule has 3 nitrogen and oxygen atoms in total. The Morgan fingerprint density at radius 1 is 1.25 bits per heavy atom. The Labute approximate surface area is 145 Å². The van der Waals surface area contributed by atoms with Gasteiger partial charge in [0.05, 0.1) is 6.10 Å². The molecule has 1 aliphatic heterocycles. The molecule has 0 bridgehead atoms. The van der Waals surface area contributed by atoms with E-state index in [4.69, 9.17) is 4.74 Å². The Morgan fingerprint density at radius 3 is 2.71 bits per heavy atom. The average Bonchev–Trinajstić information content (AvgIpc) is 2.44. The lowest BCUT2D eigenvalue weighted by atomic mass is 9.66. The van der Waals surface area contributed by atoms with Gasteiger partial charge in [-0.3, -0.25) is 0 Å². The third-order valence-electron chi connectivity index (χ3n) is 5.55. The quantitative estimate of drug-likeness (QED) is 0.621. The number of benzene rings is 1. The van der Waals surface area contributed by atoms with Gasteiger partial charge in [-0.25, -0.2) is 0 Å². The number of phenols is 1. The SMILES string of the molecule is CCCCCc1cc(O)c2c(c1)OC(C)(C)C1[C@@H](O)CC(C)=C[C@@H]21. The number of rotatable bonds is 4. The van der Waals surface area contributed by atoms with Gasteiger partial charge < -0.3 is 14.9 Å². The van der Waals surface area contributed by atoms with Crippen LogP contribution >= 0.6 is 0 Å². The Bertz CT molecular complexity index is 645. The lowest BCUT2D eigenvalue weighted by molar-refractivity contribution is -0.0534. The maximum atomic E-state index is 10.7. The molecule has 0 fully saturated rings. The standard InChI is InChI=1S/C21H30O3/c1-5-6-7-8-14-11-16(22)19-15-9-13(2)10-17(23)20(15)21(3,4)24-18(19)12-14/h9,11-12,15,17,20,22-23H,5-8,10H2,1-4H3/t15-,17-,20?/m0/s1. The van der Waals surface area contributed by atoms with Crippen LogP contribution in [-0.4, -0.2) is 21.9 Å². The lowest BCUT2D eigenvalue weighted by Gasteiger charge is -2.48. The second-order valence-corrected chi connectivity index (χ2v) is 8.03. The first-order valence-corrected chi connectivity index (χ1v) is 9.23. The van der Waals surface area contributed by atoms with Crippen LogP contribution in [0.25, 0.3) is 0 Å². The van der Waals surface area contributed by atoms with Crippen LogP contribution in [0.5, 0.6) is 11.5 Å². The van der Waals surface area contributed by atoms with E-state index >= 15 is 0 Å². The fourth-order valence-corrected chi connectivity index (χ4v) is 4.49. The molecular formula is C21H30O3. The van der Waals surface area contributed by atoms with E-state index in [-0.39, 0.29) is 11.8 Å². The molecule has 3 atom stereocenters. The summed E-state index contributed by atoms with van der Waals surface area (Å²) < 4.78 is 6.27. The molecule has 1 aliphatic carbocycles. The molecule has 0 spiro atoms. The zero-order valence-electron chi connectivity index (χ0n) is 15.3. The van der Waals surface area contributed by atoms with Crippen molar-refractivity contribution in [2.45, 2.75) is 77.4 Å². The van der Waals surface area contributed by atoms with Gasteiger partial charge in [-0.1, -0.05) is 31.4 Å². The second-order valence-electron chi connectivity index (χ2n) is 8.03. The van der Waals surface area contributed by atoms with Gasteiger partial charge in [-0.05, 0) is 57.7 Å². The molecule has 0 amide bonds. The van der Waals surface area contributed by atoms with E-state index in [1.54, 1.807) is 0 Å². The van der Waals surface area contributed by atoms with E-state index in [0.29, 0.717) is 12.2 Å². The summed E-state index contributed by atoms with van der Waals surface area (Å²) >= 11 is 0. The zero-order chi connectivity index (χ0) is 17.5. The fourth-order valence-electron chi connectivity index (χ4n) is 4.49. The molecule has 1 aromatic carbocycles. The lowest BCUT2D eigenvalue weighted by Crippen LogP contribution is -2.51. The van der Waals surface area contributed by atoms with Gasteiger partial charge in [-0.15, -0.1) is 0 Å². The van der Waals surface area contributed by atoms with Crippen LogP contribution in [0.4, 0.5) is 0 Å². The molecule has 0 saturated carbocycles. The number of allylic oxidation sites excluding steroid dienone is 1. The highest BCUT2D eigenvalue weighted by atomic mass is 16.5. The van der Waals surface area contributed by atoms with Crippen molar-refractivity contribution in [3.05, 3.63) is 34.9 Å². The summed E-state index contributed by atoms with van der Waals surface area (Å²) in [4.78, 5) is 0. The summed E-state index contributed by atoms with van der Waals surface area (Å²) in [6.07, 6.45) is 6.92. The minimum Gasteiger partial charge on any atom is -0.507 e. The number of aryl methyl sites for hydroxylation is 1. The molecular weight excluding hydrogens is 300 g/mol. The number of hydrogen-bond donors (Lipinski definition) is 2. The van der Waals surface area contributed by atoms with Gasteiger partial charge in [-0.2, -0.15) is 0 Å². The molecule has 1 unspecified atom stereocenters. The van der Waals surface area contributed by atoms with Gasteiger partial charge in [0.15, 0.2) is 0 Å². The maximum absolute atomic E-state index is 10.7. The predicted molar refractivity (Wildman–Crippen MR) is 96.7 cm³/mol. The Kier molecular flexibility index (Phi) is 4.65. The smallest absolute Gasteiger partial charge is 0.127 e. The van der Waals surface area contributed by atoms with Crippen LogP contribution in [0, 0.1) is 5.92 Å². The number of hydrogen-bond acceptors (Lipinski definition) is 3. The minimum absolute atomic E-state index is 0.0113. The van der Waals surface area contributed by atoms with Crippen molar-refractivity contribution in [1.82, 2.24) is 0 Å². The highest BCUT2D eigenvalue weighted by Gasteiger charge is 2.49. The number of aromatic hydroxyl groups is 1. The number of aliphatic hydroxyl groups excluding tert-OH is 1. The largest absolute Gasteiger partial charge is 0.507 e. The Hall–Kier alpha value is -1.48. The monoisotopic (exact) mass is 330 g/mol. The van der Waals surface area contributed by atoms with Crippen molar-refractivity contribution in [1.29, 1.82) is 0 Å². The molecule has 3 heteroatoms. The van der Waals surface area contributed by atoms with E-state index < -0.39 is 11.7 Å². The fraction of sp³-hybridized carbons (Fsp3) is 0.619. The molecule has 1 heterocycles. The third kappa shape index (κ3) is 3.06. The second kappa shape index (κ2) is 6.44. The van der Waals surface area contributed by atoms with Crippen LogP contribution in [0.2, 0.25) is 0 Å². The van der Waals surface area contributed by atoms with Crippen LogP contribution in [-0.2, 0) is 6.42 Å². The summed E-state index contributed by atoms with van der Waals surface area (Å²) in [7, 11) is 0. The van der Waals surface area contributed by atoms with E-state index in [9.17, 15) is 10.2 Å². The molecule has 0 aromatic heterocycles. The molecule has 2 N–H and O–H groups in total. The van der Waals surface area contributed by atoms with Crippen molar-refractivity contribution < 1.29 is 14.9 Å². The number of phenolic OH excluding ortho intramolecular Hbond substituents is 1. The van der Waals surface area contributed by atoms with Gasteiger partial charge in [0, 0.05) is 17.4 Å². The first-order chi connectivity index (χ1) is 11.3. The minimum atomic E-state index is -0.456. The van der Waals surface area contributed by atoms with Gasteiger partial charge in [0.2, 0.25) is 0 Å². The van der Waals surface area contributed by atoms with E-state index in [0.717, 1.165) is 29.7 Å². The average molecular weight is 330 g/mol.